The van der Waals surface area contributed by atoms with Crippen molar-refractivity contribution in [1.82, 2.24) is 15.0 Å². The molecule has 0 spiro atoms. The van der Waals surface area contributed by atoms with Gasteiger partial charge >= 0.3 is 0 Å². The Morgan fingerprint density at radius 3 is 1.62 bits per heavy atom. The monoisotopic (exact) mass is 538 g/mol. The third kappa shape index (κ3) is 8.43. The van der Waals surface area contributed by atoms with Gasteiger partial charge in [0.05, 0.1) is 5.52 Å². The van der Waals surface area contributed by atoms with Gasteiger partial charge in [0.1, 0.15) is 12.2 Å². The third-order valence-electron chi connectivity index (χ3n) is 7.53. The molecule has 0 bridgehead atoms. The maximum absolute atomic E-state index is 4.53. The number of aromatic nitrogens is 3. The zero-order chi connectivity index (χ0) is 29.1. The van der Waals surface area contributed by atoms with E-state index < -0.39 is 0 Å². The summed E-state index contributed by atoms with van der Waals surface area (Å²) in [6, 6.07) is 24.6. The minimum Gasteiger partial charge on any atom is -0.321 e. The molecule has 4 aromatic rings. The Balaban J connectivity index is 1.59. The fourth-order valence-electron chi connectivity index (χ4n) is 6.30. The summed E-state index contributed by atoms with van der Waals surface area (Å²) < 4.78 is 2.01. The molecule has 0 radical (unpaired) electrons. The molecule has 0 saturated carbocycles. The Bertz CT molecular complexity index is 1300. The lowest BCUT2D eigenvalue weighted by Gasteiger charge is -2.27. The summed E-state index contributed by atoms with van der Waals surface area (Å²) in [6.07, 6.45) is 4.65. The maximum Gasteiger partial charge on any atom is 0.119 e. The zero-order valence-electron chi connectivity index (χ0n) is 26.3. The van der Waals surface area contributed by atoms with Gasteiger partial charge in [0.25, 0.3) is 0 Å². The van der Waals surface area contributed by atoms with Crippen LogP contribution in [0.5, 0.6) is 0 Å². The van der Waals surface area contributed by atoms with E-state index in [9.17, 15) is 0 Å². The standard InChI is InChI=1S/C36H50N4/c1-26-10-19-34-33(22-26)37-38-40(34)25-39(31-15-11-29(12-16-31)20-27(2)23-35(4,5)6)32-17-13-30(14-18-32)21-28(3)24-36(7,8)9/h10-19,22,27-28H,20-21,23-25H2,1-9H3. The van der Waals surface area contributed by atoms with E-state index in [4.69, 9.17) is 0 Å². The largest absolute Gasteiger partial charge is 0.321 e. The predicted molar refractivity (Wildman–Crippen MR) is 171 cm³/mol. The van der Waals surface area contributed by atoms with Crippen molar-refractivity contribution in [3.05, 3.63) is 83.4 Å². The first-order valence-electron chi connectivity index (χ1n) is 15.0. The zero-order valence-corrected chi connectivity index (χ0v) is 26.3. The molecule has 0 N–H and O–H groups in total. The summed E-state index contributed by atoms with van der Waals surface area (Å²) in [5.41, 5.74) is 9.01. The smallest absolute Gasteiger partial charge is 0.119 e. The summed E-state index contributed by atoms with van der Waals surface area (Å²) >= 11 is 0. The topological polar surface area (TPSA) is 34.0 Å². The minimum absolute atomic E-state index is 0.353. The molecule has 0 saturated heterocycles. The Morgan fingerprint density at radius 2 is 1.18 bits per heavy atom. The van der Waals surface area contributed by atoms with Crippen molar-refractivity contribution < 1.29 is 0 Å². The third-order valence-corrected chi connectivity index (χ3v) is 7.53. The van der Waals surface area contributed by atoms with Crippen molar-refractivity contribution in [3.8, 4) is 0 Å². The fraction of sp³-hybridized carbons (Fsp3) is 0.500. The van der Waals surface area contributed by atoms with Crippen molar-refractivity contribution in [2.75, 3.05) is 4.90 Å². The van der Waals surface area contributed by atoms with Crippen molar-refractivity contribution in [2.24, 2.45) is 22.7 Å². The highest BCUT2D eigenvalue weighted by atomic mass is 15.5. The highest BCUT2D eigenvalue weighted by Crippen LogP contribution is 2.31. The molecule has 0 aliphatic rings. The molecule has 0 aliphatic carbocycles. The van der Waals surface area contributed by atoms with Crippen LogP contribution in [0.25, 0.3) is 11.0 Å². The van der Waals surface area contributed by atoms with Crippen LogP contribution in [0.1, 0.15) is 84.9 Å². The fourth-order valence-corrected chi connectivity index (χ4v) is 6.30. The Hall–Kier alpha value is -3.14. The number of benzene rings is 3. The van der Waals surface area contributed by atoms with E-state index in [1.807, 2.05) is 4.68 Å². The molecule has 0 aliphatic heterocycles. The number of rotatable bonds is 10. The number of nitrogens with zero attached hydrogens (tertiary/aromatic N) is 4. The molecule has 214 valence electrons. The molecule has 2 unspecified atom stereocenters. The van der Waals surface area contributed by atoms with Crippen LogP contribution in [0.2, 0.25) is 0 Å². The van der Waals surface area contributed by atoms with Crippen LogP contribution in [0, 0.1) is 29.6 Å². The molecule has 40 heavy (non-hydrogen) atoms. The van der Waals surface area contributed by atoms with Crippen LogP contribution in [-0.4, -0.2) is 15.0 Å². The van der Waals surface area contributed by atoms with Gasteiger partial charge in [-0.25, -0.2) is 4.68 Å². The molecule has 4 rings (SSSR count). The average Bonchev–Trinajstić information content (AvgIpc) is 3.23. The second-order valence-corrected chi connectivity index (χ2v) is 14.6. The van der Waals surface area contributed by atoms with E-state index >= 15 is 0 Å². The highest BCUT2D eigenvalue weighted by molar-refractivity contribution is 5.75. The van der Waals surface area contributed by atoms with Crippen molar-refractivity contribution in [1.29, 1.82) is 0 Å². The minimum atomic E-state index is 0.353. The highest BCUT2D eigenvalue weighted by Gasteiger charge is 2.18. The van der Waals surface area contributed by atoms with Gasteiger partial charge in [-0.2, -0.15) is 0 Å². The molecule has 1 aromatic heterocycles. The molecule has 0 amide bonds. The first-order chi connectivity index (χ1) is 18.8. The number of anilines is 2. The Labute approximate surface area is 242 Å². The molecule has 4 heteroatoms. The molecule has 4 nitrogen and oxygen atoms in total. The quantitative estimate of drug-likeness (QED) is 0.201. The van der Waals surface area contributed by atoms with E-state index in [0.29, 0.717) is 29.3 Å². The molecule has 2 atom stereocenters. The van der Waals surface area contributed by atoms with Crippen molar-refractivity contribution in [3.63, 3.8) is 0 Å². The summed E-state index contributed by atoms with van der Waals surface area (Å²) in [5.74, 6) is 1.31. The van der Waals surface area contributed by atoms with Gasteiger partial charge in [-0.3, -0.25) is 0 Å². The lowest BCUT2D eigenvalue weighted by molar-refractivity contribution is 0.306. The van der Waals surface area contributed by atoms with Gasteiger partial charge in [-0.15, -0.1) is 5.10 Å². The number of fused-ring (bicyclic) bond motifs is 1. The van der Waals surface area contributed by atoms with E-state index in [-0.39, 0.29) is 0 Å². The molecule has 1 heterocycles. The predicted octanol–water partition coefficient (Wildman–Crippen LogP) is 9.77. The summed E-state index contributed by atoms with van der Waals surface area (Å²) in [6.45, 7) is 21.4. The lowest BCUT2D eigenvalue weighted by Crippen LogP contribution is -2.22. The molecular weight excluding hydrogens is 488 g/mol. The Kier molecular flexibility index (Phi) is 9.07. The molecular formula is C36H50N4. The number of aryl methyl sites for hydroxylation is 1. The van der Waals surface area contributed by atoms with Gasteiger partial charge in [0.2, 0.25) is 0 Å². The Morgan fingerprint density at radius 1 is 0.700 bits per heavy atom. The van der Waals surface area contributed by atoms with E-state index in [2.05, 4.69) is 144 Å². The van der Waals surface area contributed by atoms with E-state index in [0.717, 1.165) is 35.2 Å². The first kappa shape index (κ1) is 29.8. The van der Waals surface area contributed by atoms with Crippen LogP contribution in [0.4, 0.5) is 11.4 Å². The maximum atomic E-state index is 4.53. The van der Waals surface area contributed by atoms with Crippen molar-refractivity contribution in [2.45, 2.75) is 94.7 Å². The van der Waals surface area contributed by atoms with Gasteiger partial charge in [0, 0.05) is 11.4 Å². The summed E-state index contributed by atoms with van der Waals surface area (Å²) in [4.78, 5) is 2.35. The SMILES string of the molecule is Cc1ccc2c(c1)nnn2CN(c1ccc(CC(C)CC(C)(C)C)cc1)c1ccc(CC(C)CC(C)(C)C)cc1. The van der Waals surface area contributed by atoms with Gasteiger partial charge in [-0.1, -0.05) is 90.9 Å². The average molecular weight is 539 g/mol. The summed E-state index contributed by atoms with van der Waals surface area (Å²) in [7, 11) is 0. The summed E-state index contributed by atoms with van der Waals surface area (Å²) in [5, 5.41) is 8.99. The van der Waals surface area contributed by atoms with Crippen LogP contribution >= 0.6 is 0 Å². The van der Waals surface area contributed by atoms with E-state index in [1.165, 1.54) is 29.5 Å². The van der Waals surface area contributed by atoms with Gasteiger partial charge in [-0.05, 0) is 108 Å². The van der Waals surface area contributed by atoms with Crippen LogP contribution < -0.4 is 4.90 Å². The van der Waals surface area contributed by atoms with Crippen LogP contribution in [0.3, 0.4) is 0 Å². The normalized spacial score (nSPS) is 13.9. The van der Waals surface area contributed by atoms with Crippen LogP contribution in [-0.2, 0) is 19.5 Å². The molecule has 3 aromatic carbocycles. The van der Waals surface area contributed by atoms with E-state index in [1.54, 1.807) is 0 Å². The number of hydrogen-bond donors (Lipinski definition) is 0. The van der Waals surface area contributed by atoms with Gasteiger partial charge in [0.15, 0.2) is 0 Å². The second-order valence-electron chi connectivity index (χ2n) is 14.6. The van der Waals surface area contributed by atoms with Crippen LogP contribution in [0.15, 0.2) is 66.7 Å². The molecule has 0 fully saturated rings. The second kappa shape index (κ2) is 12.2. The number of hydrogen-bond acceptors (Lipinski definition) is 3. The lowest BCUT2D eigenvalue weighted by atomic mass is 9.83. The first-order valence-corrected chi connectivity index (χ1v) is 15.0. The van der Waals surface area contributed by atoms with Gasteiger partial charge < -0.3 is 4.90 Å². The van der Waals surface area contributed by atoms with Crippen molar-refractivity contribution >= 4 is 22.4 Å².